The van der Waals surface area contributed by atoms with Gasteiger partial charge in [-0.05, 0) is 42.5 Å². The number of anilines is 3. The molecule has 8 heteroatoms. The molecule has 26 heavy (non-hydrogen) atoms. The number of nitrogens with one attached hydrogen (secondary N) is 1. The molecule has 0 radical (unpaired) electrons. The molecule has 0 spiro atoms. The van der Waals surface area contributed by atoms with Crippen molar-refractivity contribution >= 4 is 52.1 Å². The van der Waals surface area contributed by atoms with E-state index in [4.69, 9.17) is 28.9 Å². The number of carbonyl (C=O) groups is 2. The summed E-state index contributed by atoms with van der Waals surface area (Å²) in [4.78, 5) is 25.5. The maximum atomic E-state index is 12.7. The Morgan fingerprint density at radius 2 is 1.85 bits per heavy atom. The highest BCUT2D eigenvalue weighted by atomic mass is 35.5. The van der Waals surface area contributed by atoms with Gasteiger partial charge in [-0.1, -0.05) is 23.2 Å². The zero-order valence-electron chi connectivity index (χ0n) is 13.7. The van der Waals surface area contributed by atoms with Crippen molar-refractivity contribution in [2.24, 2.45) is 0 Å². The van der Waals surface area contributed by atoms with Crippen LogP contribution in [0.4, 0.5) is 17.1 Å². The normalized spacial score (nSPS) is 10.8. The Bertz CT molecular complexity index is 918. The number of benzene rings is 2. The van der Waals surface area contributed by atoms with Crippen molar-refractivity contribution in [2.75, 3.05) is 16.0 Å². The van der Waals surface area contributed by atoms with E-state index < -0.39 is 11.8 Å². The van der Waals surface area contributed by atoms with E-state index in [-0.39, 0.29) is 5.57 Å². The summed E-state index contributed by atoms with van der Waals surface area (Å²) in [6.07, 6.45) is 1.19. The van der Waals surface area contributed by atoms with E-state index in [1.807, 2.05) is 0 Å². The van der Waals surface area contributed by atoms with E-state index in [0.717, 1.165) is 4.90 Å². The third kappa shape index (κ3) is 4.54. The lowest BCUT2D eigenvalue weighted by Gasteiger charge is -2.19. The van der Waals surface area contributed by atoms with Crippen LogP contribution in [0.2, 0.25) is 10.0 Å². The third-order valence-corrected chi connectivity index (χ3v) is 3.87. The van der Waals surface area contributed by atoms with Gasteiger partial charge in [-0.3, -0.25) is 9.59 Å². The summed E-state index contributed by atoms with van der Waals surface area (Å²) >= 11 is 11.9. The fourth-order valence-corrected chi connectivity index (χ4v) is 2.55. The summed E-state index contributed by atoms with van der Waals surface area (Å²) in [7, 11) is 0. The number of halogens is 2. The minimum absolute atomic E-state index is 0.275. The van der Waals surface area contributed by atoms with Gasteiger partial charge in [0.25, 0.3) is 5.91 Å². The number of nitriles is 1. The van der Waals surface area contributed by atoms with Gasteiger partial charge >= 0.3 is 0 Å². The smallest absolute Gasteiger partial charge is 0.277 e. The molecule has 0 aromatic heterocycles. The molecule has 0 aliphatic heterocycles. The molecule has 2 aromatic carbocycles. The number of rotatable bonds is 4. The van der Waals surface area contributed by atoms with Crippen LogP contribution in [0.15, 0.2) is 54.2 Å². The van der Waals surface area contributed by atoms with E-state index in [0.29, 0.717) is 27.1 Å². The van der Waals surface area contributed by atoms with Crippen molar-refractivity contribution in [2.45, 2.75) is 6.92 Å². The molecule has 0 aliphatic rings. The summed E-state index contributed by atoms with van der Waals surface area (Å²) in [5.41, 5.74) is 6.59. The number of hydrogen-bond donors (Lipinski definition) is 2. The highest BCUT2D eigenvalue weighted by Crippen LogP contribution is 2.26. The van der Waals surface area contributed by atoms with Gasteiger partial charge < -0.3 is 11.1 Å². The molecule has 0 atom stereocenters. The lowest BCUT2D eigenvalue weighted by Crippen LogP contribution is -2.36. The number of nitrogen functional groups attached to an aromatic ring is 1. The van der Waals surface area contributed by atoms with Gasteiger partial charge in [0, 0.05) is 23.8 Å². The lowest BCUT2D eigenvalue weighted by molar-refractivity contribution is -0.123. The second kappa shape index (κ2) is 8.39. The Balaban J connectivity index is 2.31. The Labute approximate surface area is 160 Å². The van der Waals surface area contributed by atoms with Crippen LogP contribution in [0.25, 0.3) is 0 Å². The number of imide groups is 1. The number of carbonyl (C=O) groups excluding carboxylic acids is 2. The van der Waals surface area contributed by atoms with E-state index in [2.05, 4.69) is 5.32 Å². The molecular formula is C18H14Cl2N4O2. The van der Waals surface area contributed by atoms with Gasteiger partial charge in [0.1, 0.15) is 11.6 Å². The van der Waals surface area contributed by atoms with E-state index in [1.54, 1.807) is 30.3 Å². The number of amides is 2. The molecule has 132 valence electrons. The summed E-state index contributed by atoms with van der Waals surface area (Å²) < 4.78 is 0. The average Bonchev–Trinajstić information content (AvgIpc) is 2.58. The molecule has 0 saturated heterocycles. The van der Waals surface area contributed by atoms with Crippen LogP contribution in [-0.2, 0) is 9.59 Å². The maximum Gasteiger partial charge on any atom is 0.277 e. The van der Waals surface area contributed by atoms with Gasteiger partial charge in [-0.15, -0.1) is 0 Å². The predicted molar refractivity (Wildman–Crippen MR) is 103 cm³/mol. The van der Waals surface area contributed by atoms with Crippen molar-refractivity contribution in [3.8, 4) is 6.07 Å². The number of nitrogens with zero attached hydrogens (tertiary/aromatic N) is 2. The molecule has 2 rings (SSSR count). The van der Waals surface area contributed by atoms with Gasteiger partial charge in [-0.25, -0.2) is 4.90 Å². The molecule has 2 aromatic rings. The summed E-state index contributed by atoms with van der Waals surface area (Å²) in [5, 5.41) is 12.9. The monoisotopic (exact) mass is 388 g/mol. The standard InChI is InChI=1S/C18H14Cl2N4O2/c1-11(25)24(15-5-3-14(22)4-6-15)18(26)12(9-21)10-23-17-7-2-13(19)8-16(17)20/h2-8,10,23H,22H2,1H3/b12-10-. The quantitative estimate of drug-likeness (QED) is 0.468. The van der Waals surface area contributed by atoms with Crippen LogP contribution in [0.3, 0.4) is 0 Å². The number of hydrogen-bond acceptors (Lipinski definition) is 5. The zero-order valence-corrected chi connectivity index (χ0v) is 15.2. The predicted octanol–water partition coefficient (Wildman–Crippen LogP) is 3.97. The zero-order chi connectivity index (χ0) is 19.3. The fraction of sp³-hybridized carbons (Fsp3) is 0.0556. The van der Waals surface area contributed by atoms with Crippen LogP contribution in [0, 0.1) is 11.3 Å². The average molecular weight is 389 g/mol. The Morgan fingerprint density at radius 3 is 2.38 bits per heavy atom. The van der Waals surface area contributed by atoms with Gasteiger partial charge in [0.15, 0.2) is 0 Å². The summed E-state index contributed by atoms with van der Waals surface area (Å²) in [6, 6.07) is 12.7. The summed E-state index contributed by atoms with van der Waals surface area (Å²) in [6.45, 7) is 1.23. The van der Waals surface area contributed by atoms with E-state index >= 15 is 0 Å². The van der Waals surface area contributed by atoms with E-state index in [1.165, 1.54) is 31.3 Å². The summed E-state index contributed by atoms with van der Waals surface area (Å²) in [5.74, 6) is -1.31. The molecule has 0 aliphatic carbocycles. The van der Waals surface area contributed by atoms with Crippen LogP contribution in [-0.4, -0.2) is 11.8 Å². The molecular weight excluding hydrogens is 375 g/mol. The van der Waals surface area contributed by atoms with Crippen LogP contribution >= 0.6 is 23.2 Å². The SMILES string of the molecule is CC(=O)N(C(=O)/C(C#N)=C\Nc1ccc(Cl)cc1Cl)c1ccc(N)cc1. The van der Waals surface area contributed by atoms with Crippen LogP contribution < -0.4 is 16.0 Å². The molecule has 3 N–H and O–H groups in total. The van der Waals surface area contributed by atoms with Crippen LogP contribution in [0.5, 0.6) is 0 Å². The second-order valence-corrected chi connectivity index (χ2v) is 6.03. The first kappa shape index (κ1) is 19.3. The Kier molecular flexibility index (Phi) is 6.23. The lowest BCUT2D eigenvalue weighted by atomic mass is 10.2. The van der Waals surface area contributed by atoms with Gasteiger partial charge in [0.05, 0.1) is 16.4 Å². The molecule has 0 bridgehead atoms. The van der Waals surface area contributed by atoms with Crippen molar-refractivity contribution in [3.63, 3.8) is 0 Å². The van der Waals surface area contributed by atoms with E-state index in [9.17, 15) is 14.9 Å². The molecule has 0 saturated carbocycles. The van der Waals surface area contributed by atoms with Crippen LogP contribution in [0.1, 0.15) is 6.92 Å². The molecule has 2 amide bonds. The Hall–Kier alpha value is -3.01. The van der Waals surface area contributed by atoms with Crippen molar-refractivity contribution < 1.29 is 9.59 Å². The molecule has 0 unspecified atom stereocenters. The third-order valence-electron chi connectivity index (χ3n) is 3.32. The van der Waals surface area contributed by atoms with Crippen molar-refractivity contribution in [1.82, 2.24) is 0 Å². The highest BCUT2D eigenvalue weighted by Gasteiger charge is 2.24. The Morgan fingerprint density at radius 1 is 1.19 bits per heavy atom. The minimum Gasteiger partial charge on any atom is -0.399 e. The minimum atomic E-state index is -0.776. The highest BCUT2D eigenvalue weighted by molar-refractivity contribution is 6.36. The van der Waals surface area contributed by atoms with Crippen molar-refractivity contribution in [3.05, 3.63) is 64.3 Å². The molecule has 0 heterocycles. The topological polar surface area (TPSA) is 99.2 Å². The first-order valence-corrected chi connectivity index (χ1v) is 8.11. The second-order valence-electron chi connectivity index (χ2n) is 5.19. The fourth-order valence-electron chi connectivity index (χ4n) is 2.08. The molecule has 6 nitrogen and oxygen atoms in total. The van der Waals surface area contributed by atoms with Gasteiger partial charge in [0.2, 0.25) is 5.91 Å². The molecule has 0 fully saturated rings. The van der Waals surface area contributed by atoms with Gasteiger partial charge in [-0.2, -0.15) is 5.26 Å². The number of nitrogens with two attached hydrogens (primary N) is 1. The largest absolute Gasteiger partial charge is 0.399 e. The first-order valence-electron chi connectivity index (χ1n) is 7.36. The maximum absolute atomic E-state index is 12.7. The first-order chi connectivity index (χ1) is 12.3. The van der Waals surface area contributed by atoms with Crippen molar-refractivity contribution in [1.29, 1.82) is 5.26 Å².